The number of aliphatic hydroxyl groups is 1. The Morgan fingerprint density at radius 3 is 2.63 bits per heavy atom. The Morgan fingerprint density at radius 2 is 2.11 bits per heavy atom. The number of rotatable bonds is 5. The van der Waals surface area contributed by atoms with Gasteiger partial charge >= 0.3 is 5.97 Å². The molecule has 0 saturated carbocycles. The summed E-state index contributed by atoms with van der Waals surface area (Å²) in [6, 6.07) is 5.13. The van der Waals surface area contributed by atoms with Gasteiger partial charge in [-0.1, -0.05) is 41.4 Å². The van der Waals surface area contributed by atoms with Crippen LogP contribution in [0.1, 0.15) is 32.4 Å². The van der Waals surface area contributed by atoms with Crippen LogP contribution < -0.4 is 0 Å². The molecule has 106 valence electrons. The Balaban J connectivity index is 3.08. The number of hydrogen-bond donors (Lipinski definition) is 1. The number of carbonyl (C=O) groups is 1. The lowest BCUT2D eigenvalue weighted by atomic mass is 9.86. The predicted octanol–water partition coefficient (Wildman–Crippen LogP) is 3.97. The summed E-state index contributed by atoms with van der Waals surface area (Å²) in [6.07, 6.45) is -0.952. The van der Waals surface area contributed by atoms with Crippen molar-refractivity contribution < 1.29 is 14.6 Å². The average Bonchev–Trinajstić information content (AvgIpc) is 2.32. The summed E-state index contributed by atoms with van der Waals surface area (Å²) >= 11 is 9.30. The number of carbonyl (C=O) groups excluding carboxylic acids is 1. The van der Waals surface area contributed by atoms with E-state index in [2.05, 4.69) is 15.9 Å². The predicted molar refractivity (Wildman–Crippen MR) is 79.1 cm³/mol. The molecule has 0 bridgehead atoms. The van der Waals surface area contributed by atoms with Crippen molar-refractivity contribution in [3.05, 3.63) is 33.3 Å². The van der Waals surface area contributed by atoms with Gasteiger partial charge in [-0.15, -0.1) is 0 Å². The van der Waals surface area contributed by atoms with Gasteiger partial charge in [-0.2, -0.15) is 0 Å². The van der Waals surface area contributed by atoms with Crippen LogP contribution in [-0.4, -0.2) is 17.7 Å². The molecular formula is C14H18BrClO3. The summed E-state index contributed by atoms with van der Waals surface area (Å²) in [7, 11) is 0. The maximum Gasteiger partial charge on any atom is 0.312 e. The molecule has 1 aromatic carbocycles. The minimum atomic E-state index is -0.952. The first kappa shape index (κ1) is 16.5. The van der Waals surface area contributed by atoms with Crippen LogP contribution in [0.4, 0.5) is 0 Å². The molecule has 1 rings (SSSR count). The fourth-order valence-electron chi connectivity index (χ4n) is 1.94. The van der Waals surface area contributed by atoms with E-state index < -0.39 is 18.0 Å². The molecule has 19 heavy (non-hydrogen) atoms. The SMILES string of the molecule is CCOC(=O)C(C(C)C)C(O)c1cc(Cl)ccc1Br. The van der Waals surface area contributed by atoms with E-state index in [4.69, 9.17) is 16.3 Å². The molecule has 0 saturated heterocycles. The monoisotopic (exact) mass is 348 g/mol. The lowest BCUT2D eigenvalue weighted by molar-refractivity contribution is -0.154. The van der Waals surface area contributed by atoms with E-state index in [1.807, 2.05) is 13.8 Å². The average molecular weight is 350 g/mol. The largest absolute Gasteiger partial charge is 0.466 e. The van der Waals surface area contributed by atoms with Crippen LogP contribution in [0, 0.1) is 11.8 Å². The summed E-state index contributed by atoms with van der Waals surface area (Å²) in [6.45, 7) is 5.80. The summed E-state index contributed by atoms with van der Waals surface area (Å²) in [5.74, 6) is -1.05. The van der Waals surface area contributed by atoms with E-state index >= 15 is 0 Å². The Labute approximate surface area is 127 Å². The van der Waals surface area contributed by atoms with Crippen molar-refractivity contribution >= 4 is 33.5 Å². The maximum absolute atomic E-state index is 12.0. The Bertz CT molecular complexity index is 448. The number of ether oxygens (including phenoxy) is 1. The van der Waals surface area contributed by atoms with Crippen LogP contribution in [0.5, 0.6) is 0 Å². The standard InChI is InChI=1S/C14H18BrClO3/c1-4-19-14(18)12(8(2)3)13(17)10-7-9(16)5-6-11(10)15/h5-8,12-13,17H,4H2,1-3H3. The molecule has 0 aliphatic heterocycles. The first-order chi connectivity index (χ1) is 8.88. The molecule has 0 aliphatic carbocycles. The van der Waals surface area contributed by atoms with Gasteiger partial charge in [0.1, 0.15) is 0 Å². The van der Waals surface area contributed by atoms with Crippen LogP contribution in [0.25, 0.3) is 0 Å². The van der Waals surface area contributed by atoms with Gasteiger partial charge in [-0.25, -0.2) is 0 Å². The number of hydrogen-bond acceptors (Lipinski definition) is 3. The van der Waals surface area contributed by atoms with Gasteiger partial charge in [0, 0.05) is 9.50 Å². The Hall–Kier alpha value is -0.580. The quantitative estimate of drug-likeness (QED) is 0.818. The van der Waals surface area contributed by atoms with Gasteiger partial charge < -0.3 is 9.84 Å². The fourth-order valence-corrected chi connectivity index (χ4v) is 2.60. The smallest absolute Gasteiger partial charge is 0.312 e. The maximum atomic E-state index is 12.0. The van der Waals surface area contributed by atoms with Gasteiger partial charge in [0.15, 0.2) is 0 Å². The molecule has 0 heterocycles. The normalized spacial score (nSPS) is 14.3. The van der Waals surface area contributed by atoms with E-state index in [-0.39, 0.29) is 5.92 Å². The first-order valence-electron chi connectivity index (χ1n) is 6.18. The molecule has 3 nitrogen and oxygen atoms in total. The molecular weight excluding hydrogens is 332 g/mol. The molecule has 1 aromatic rings. The van der Waals surface area contributed by atoms with Crippen LogP contribution in [0.3, 0.4) is 0 Å². The van der Waals surface area contributed by atoms with Crippen molar-refractivity contribution in [2.24, 2.45) is 11.8 Å². The zero-order valence-electron chi connectivity index (χ0n) is 11.2. The lowest BCUT2D eigenvalue weighted by Gasteiger charge is -2.25. The van der Waals surface area contributed by atoms with Gasteiger partial charge in [-0.3, -0.25) is 4.79 Å². The van der Waals surface area contributed by atoms with Crippen molar-refractivity contribution in [3.8, 4) is 0 Å². The molecule has 0 aliphatic rings. The highest BCUT2D eigenvalue weighted by Gasteiger charge is 2.33. The summed E-state index contributed by atoms with van der Waals surface area (Å²) in [5.41, 5.74) is 0.597. The van der Waals surface area contributed by atoms with Crippen molar-refractivity contribution in [3.63, 3.8) is 0 Å². The molecule has 0 spiro atoms. The Morgan fingerprint density at radius 1 is 1.47 bits per heavy atom. The van der Waals surface area contributed by atoms with Gasteiger partial charge in [0.2, 0.25) is 0 Å². The van der Waals surface area contributed by atoms with E-state index in [1.165, 1.54) is 0 Å². The van der Waals surface area contributed by atoms with Crippen LogP contribution in [0.15, 0.2) is 22.7 Å². The molecule has 0 amide bonds. The highest BCUT2D eigenvalue weighted by atomic mass is 79.9. The number of aliphatic hydroxyl groups excluding tert-OH is 1. The minimum absolute atomic E-state index is 0.0417. The number of halogens is 2. The molecule has 2 atom stereocenters. The van der Waals surface area contributed by atoms with E-state index in [9.17, 15) is 9.90 Å². The van der Waals surface area contributed by atoms with E-state index in [0.717, 1.165) is 4.47 Å². The zero-order chi connectivity index (χ0) is 14.6. The second-order valence-electron chi connectivity index (χ2n) is 4.63. The third-order valence-corrected chi connectivity index (χ3v) is 3.85. The van der Waals surface area contributed by atoms with Crippen molar-refractivity contribution in [1.29, 1.82) is 0 Å². The third kappa shape index (κ3) is 4.20. The highest BCUT2D eigenvalue weighted by Crippen LogP contribution is 2.34. The zero-order valence-corrected chi connectivity index (χ0v) is 13.5. The van der Waals surface area contributed by atoms with Crippen LogP contribution in [0.2, 0.25) is 5.02 Å². The summed E-state index contributed by atoms with van der Waals surface area (Å²) in [5, 5.41) is 11.0. The molecule has 0 fully saturated rings. The number of benzene rings is 1. The highest BCUT2D eigenvalue weighted by molar-refractivity contribution is 9.10. The first-order valence-corrected chi connectivity index (χ1v) is 7.35. The second-order valence-corrected chi connectivity index (χ2v) is 5.92. The molecule has 0 aromatic heterocycles. The van der Waals surface area contributed by atoms with Gasteiger partial charge in [0.25, 0.3) is 0 Å². The summed E-state index contributed by atoms with van der Waals surface area (Å²) in [4.78, 5) is 12.0. The Kier molecular flexibility index (Phi) is 6.30. The third-order valence-electron chi connectivity index (χ3n) is 2.89. The molecule has 5 heteroatoms. The fraction of sp³-hybridized carbons (Fsp3) is 0.500. The topological polar surface area (TPSA) is 46.5 Å². The lowest BCUT2D eigenvalue weighted by Crippen LogP contribution is -2.29. The van der Waals surface area contributed by atoms with Crippen LogP contribution in [-0.2, 0) is 9.53 Å². The summed E-state index contributed by atoms with van der Waals surface area (Å²) < 4.78 is 5.75. The molecule has 1 N–H and O–H groups in total. The van der Waals surface area contributed by atoms with Crippen LogP contribution >= 0.6 is 27.5 Å². The second kappa shape index (κ2) is 7.27. The van der Waals surface area contributed by atoms with Gasteiger partial charge in [-0.05, 0) is 36.6 Å². The minimum Gasteiger partial charge on any atom is -0.466 e. The molecule has 2 unspecified atom stereocenters. The number of esters is 1. The van der Waals surface area contributed by atoms with E-state index in [1.54, 1.807) is 25.1 Å². The van der Waals surface area contributed by atoms with E-state index in [0.29, 0.717) is 17.2 Å². The molecule has 0 radical (unpaired) electrons. The van der Waals surface area contributed by atoms with Crippen molar-refractivity contribution in [2.75, 3.05) is 6.61 Å². The van der Waals surface area contributed by atoms with Crippen molar-refractivity contribution in [1.82, 2.24) is 0 Å². The van der Waals surface area contributed by atoms with Gasteiger partial charge in [0.05, 0.1) is 18.6 Å². The van der Waals surface area contributed by atoms with Crippen molar-refractivity contribution in [2.45, 2.75) is 26.9 Å².